The summed E-state index contributed by atoms with van der Waals surface area (Å²) in [6, 6.07) is 5.55. The van der Waals surface area contributed by atoms with Gasteiger partial charge in [-0.2, -0.15) is 0 Å². The van der Waals surface area contributed by atoms with Crippen molar-refractivity contribution in [1.82, 2.24) is 0 Å². The molecule has 0 amide bonds. The van der Waals surface area contributed by atoms with Crippen LogP contribution in [0.25, 0.3) is 0 Å². The van der Waals surface area contributed by atoms with E-state index >= 15 is 0 Å². The second kappa shape index (κ2) is 5.74. The first-order chi connectivity index (χ1) is 8.49. The normalized spacial score (nSPS) is 30.1. The molecule has 1 aliphatic carbocycles. The average molecular weight is 330 g/mol. The van der Waals surface area contributed by atoms with E-state index in [-0.39, 0.29) is 5.25 Å². The number of nitrogen functional groups attached to an aromatic ring is 1. The molecule has 0 heterocycles. The molecule has 2 N–H and O–H groups in total. The molecular weight excluding hydrogens is 310 g/mol. The van der Waals surface area contributed by atoms with Crippen molar-refractivity contribution in [2.75, 3.05) is 5.73 Å². The number of anilines is 1. The van der Waals surface area contributed by atoms with E-state index in [2.05, 4.69) is 29.8 Å². The highest BCUT2D eigenvalue weighted by Gasteiger charge is 2.29. The molecule has 0 radical (unpaired) electrons. The van der Waals surface area contributed by atoms with Gasteiger partial charge in [-0.15, -0.1) is 0 Å². The molecule has 0 aromatic heterocycles. The van der Waals surface area contributed by atoms with Crippen LogP contribution in [-0.2, 0) is 10.8 Å². The molecule has 0 bridgehead atoms. The van der Waals surface area contributed by atoms with Crippen molar-refractivity contribution >= 4 is 32.4 Å². The van der Waals surface area contributed by atoms with E-state index in [1.165, 1.54) is 6.42 Å². The molecule has 1 fully saturated rings. The van der Waals surface area contributed by atoms with Crippen LogP contribution in [0.1, 0.15) is 33.1 Å². The maximum atomic E-state index is 12.6. The van der Waals surface area contributed by atoms with Gasteiger partial charge < -0.3 is 5.73 Å². The molecule has 18 heavy (non-hydrogen) atoms. The zero-order valence-electron chi connectivity index (χ0n) is 10.9. The topological polar surface area (TPSA) is 43.1 Å². The quantitative estimate of drug-likeness (QED) is 0.834. The third-order valence-corrected chi connectivity index (χ3v) is 6.77. The van der Waals surface area contributed by atoms with Gasteiger partial charge in [0.15, 0.2) is 0 Å². The largest absolute Gasteiger partial charge is 0.399 e. The number of benzene rings is 1. The van der Waals surface area contributed by atoms with Crippen LogP contribution in [-0.4, -0.2) is 9.46 Å². The van der Waals surface area contributed by atoms with E-state index in [4.69, 9.17) is 5.73 Å². The molecule has 1 aliphatic rings. The van der Waals surface area contributed by atoms with Crippen molar-refractivity contribution in [1.29, 1.82) is 0 Å². The van der Waals surface area contributed by atoms with E-state index in [1.54, 1.807) is 0 Å². The summed E-state index contributed by atoms with van der Waals surface area (Å²) in [6.45, 7) is 4.56. The van der Waals surface area contributed by atoms with Crippen molar-refractivity contribution in [2.45, 2.75) is 43.3 Å². The van der Waals surface area contributed by atoms with Crippen LogP contribution in [0.2, 0.25) is 0 Å². The Bertz CT molecular complexity index is 463. The van der Waals surface area contributed by atoms with Gasteiger partial charge in [0.25, 0.3) is 0 Å². The predicted octanol–water partition coefficient (Wildman–Crippen LogP) is 3.96. The summed E-state index contributed by atoms with van der Waals surface area (Å²) < 4.78 is 13.5. The summed E-state index contributed by atoms with van der Waals surface area (Å²) in [5, 5.41) is 0.288. The minimum Gasteiger partial charge on any atom is -0.399 e. The van der Waals surface area contributed by atoms with Crippen molar-refractivity contribution in [2.24, 2.45) is 11.8 Å². The molecule has 0 spiro atoms. The molecule has 0 aliphatic heterocycles. The molecule has 1 aromatic carbocycles. The van der Waals surface area contributed by atoms with E-state index in [0.717, 1.165) is 28.1 Å². The maximum Gasteiger partial charge on any atom is 0.0572 e. The molecule has 1 aromatic rings. The average Bonchev–Trinajstić information content (AvgIpc) is 2.32. The van der Waals surface area contributed by atoms with Crippen LogP contribution >= 0.6 is 15.9 Å². The zero-order valence-corrected chi connectivity index (χ0v) is 13.3. The minimum atomic E-state index is -0.928. The van der Waals surface area contributed by atoms with Gasteiger partial charge in [0.1, 0.15) is 0 Å². The Hall–Kier alpha value is -0.350. The summed E-state index contributed by atoms with van der Waals surface area (Å²) in [4.78, 5) is 0.885. The lowest BCUT2D eigenvalue weighted by molar-refractivity contribution is 0.281. The highest BCUT2D eigenvalue weighted by Crippen LogP contribution is 2.35. The van der Waals surface area contributed by atoms with Gasteiger partial charge in [-0.25, -0.2) is 0 Å². The van der Waals surface area contributed by atoms with Crippen molar-refractivity contribution in [3.05, 3.63) is 22.7 Å². The summed E-state index contributed by atoms with van der Waals surface area (Å²) in [5.74, 6) is 1.42. The molecule has 1 saturated carbocycles. The lowest BCUT2D eigenvalue weighted by Crippen LogP contribution is -2.28. The number of rotatable bonds is 2. The highest BCUT2D eigenvalue weighted by atomic mass is 79.9. The molecule has 2 rings (SSSR count). The molecule has 4 unspecified atom stereocenters. The SMILES string of the molecule is CC1CCC(S(=O)c2ccc(N)cc2Br)CC1C. The standard InChI is InChI=1S/C14H20BrNOS/c1-9-3-5-12(7-10(9)2)18(17)14-6-4-11(16)8-13(14)15/h4,6,8-10,12H,3,5,7,16H2,1-2H3. The number of halogens is 1. The van der Waals surface area contributed by atoms with Crippen LogP contribution in [0, 0.1) is 11.8 Å². The van der Waals surface area contributed by atoms with Gasteiger partial charge in [0.05, 0.1) is 15.7 Å². The monoisotopic (exact) mass is 329 g/mol. The maximum absolute atomic E-state index is 12.6. The van der Waals surface area contributed by atoms with Crippen LogP contribution < -0.4 is 5.73 Å². The van der Waals surface area contributed by atoms with Gasteiger partial charge in [-0.05, 0) is 65.2 Å². The fraction of sp³-hybridized carbons (Fsp3) is 0.571. The van der Waals surface area contributed by atoms with E-state index in [9.17, 15) is 4.21 Å². The Morgan fingerprint density at radius 3 is 2.61 bits per heavy atom. The summed E-state index contributed by atoms with van der Waals surface area (Å²) in [7, 11) is -0.928. The van der Waals surface area contributed by atoms with Gasteiger partial charge in [0.2, 0.25) is 0 Å². The van der Waals surface area contributed by atoms with E-state index in [0.29, 0.717) is 11.6 Å². The molecule has 4 heteroatoms. The van der Waals surface area contributed by atoms with Crippen LogP contribution in [0.4, 0.5) is 5.69 Å². The van der Waals surface area contributed by atoms with Crippen molar-refractivity contribution in [3.63, 3.8) is 0 Å². The Morgan fingerprint density at radius 2 is 2.00 bits per heavy atom. The van der Waals surface area contributed by atoms with E-state index < -0.39 is 10.8 Å². The van der Waals surface area contributed by atoms with Crippen LogP contribution in [0.15, 0.2) is 27.6 Å². The molecule has 100 valence electrons. The second-order valence-corrected chi connectivity index (χ2v) is 7.93. The Kier molecular flexibility index (Phi) is 4.49. The van der Waals surface area contributed by atoms with Crippen molar-refractivity contribution in [3.8, 4) is 0 Å². The van der Waals surface area contributed by atoms with Gasteiger partial charge in [-0.3, -0.25) is 4.21 Å². The fourth-order valence-electron chi connectivity index (χ4n) is 2.55. The van der Waals surface area contributed by atoms with E-state index in [1.807, 2.05) is 18.2 Å². The minimum absolute atomic E-state index is 0.288. The fourth-order valence-corrected chi connectivity index (χ4v) is 5.07. The lowest BCUT2D eigenvalue weighted by Gasteiger charge is -2.31. The first-order valence-corrected chi connectivity index (χ1v) is 8.45. The molecule has 2 nitrogen and oxygen atoms in total. The Balaban J connectivity index is 2.16. The number of nitrogens with two attached hydrogens (primary N) is 1. The zero-order chi connectivity index (χ0) is 13.3. The van der Waals surface area contributed by atoms with Gasteiger partial charge in [0, 0.05) is 15.4 Å². The van der Waals surface area contributed by atoms with Gasteiger partial charge in [-0.1, -0.05) is 13.8 Å². The molecule has 0 saturated heterocycles. The first kappa shape index (κ1) is 14.1. The Labute approximate surface area is 120 Å². The predicted molar refractivity (Wildman–Crippen MR) is 80.9 cm³/mol. The summed E-state index contributed by atoms with van der Waals surface area (Å²) in [5.41, 5.74) is 6.42. The third-order valence-electron chi connectivity index (χ3n) is 4.03. The Morgan fingerprint density at radius 1 is 1.28 bits per heavy atom. The highest BCUT2D eigenvalue weighted by molar-refractivity contribution is 9.10. The molecule has 4 atom stereocenters. The summed E-state index contributed by atoms with van der Waals surface area (Å²) in [6.07, 6.45) is 3.31. The summed E-state index contributed by atoms with van der Waals surface area (Å²) >= 11 is 3.47. The lowest BCUT2D eigenvalue weighted by atomic mass is 9.81. The first-order valence-electron chi connectivity index (χ1n) is 6.44. The van der Waals surface area contributed by atoms with Crippen LogP contribution in [0.3, 0.4) is 0 Å². The third kappa shape index (κ3) is 2.97. The van der Waals surface area contributed by atoms with Crippen LogP contribution in [0.5, 0.6) is 0 Å². The number of hydrogen-bond acceptors (Lipinski definition) is 2. The van der Waals surface area contributed by atoms with Crippen molar-refractivity contribution < 1.29 is 4.21 Å². The smallest absolute Gasteiger partial charge is 0.0572 e. The molecular formula is C14H20BrNOS. The van der Waals surface area contributed by atoms with Gasteiger partial charge >= 0.3 is 0 Å². The second-order valence-electron chi connectivity index (χ2n) is 5.38. The number of hydrogen-bond donors (Lipinski definition) is 1.